The summed E-state index contributed by atoms with van der Waals surface area (Å²) in [7, 11) is 0. The Kier molecular flexibility index (Phi) is 6.33. The number of carbonyl (C=O) groups excluding carboxylic acids is 5. The minimum Gasteiger partial charge on any atom is -0.458 e. The second-order valence-corrected chi connectivity index (χ2v) is 17.9. The minimum atomic E-state index is -1.48. The van der Waals surface area contributed by atoms with Crippen molar-refractivity contribution in [1.82, 2.24) is 0 Å². The number of rotatable bonds is 7. The summed E-state index contributed by atoms with van der Waals surface area (Å²) >= 11 is 0. The molecule has 12 unspecified atom stereocenters. The van der Waals surface area contributed by atoms with Crippen LogP contribution in [-0.4, -0.2) is 47.7 Å². The Morgan fingerprint density at radius 1 is 0.848 bits per heavy atom. The van der Waals surface area contributed by atoms with Crippen molar-refractivity contribution < 1.29 is 42.9 Å². The molecular formula is C37H48O9. The normalized spacial score (nSPS) is 51.5. The lowest BCUT2D eigenvalue weighted by Crippen LogP contribution is -2.60. The maximum atomic E-state index is 14.7. The topological polar surface area (TPSA) is 122 Å². The van der Waals surface area contributed by atoms with Gasteiger partial charge in [-0.1, -0.05) is 6.92 Å². The fraction of sp³-hybridized carbons (Fsp3) is 0.865. The predicted molar refractivity (Wildman–Crippen MR) is 160 cm³/mol. The third-order valence-electron chi connectivity index (χ3n) is 15.6. The van der Waals surface area contributed by atoms with E-state index < -0.39 is 64.9 Å². The van der Waals surface area contributed by atoms with Crippen molar-refractivity contribution in [2.24, 2.45) is 88.3 Å². The van der Waals surface area contributed by atoms with E-state index in [1.807, 2.05) is 0 Å². The van der Waals surface area contributed by atoms with Gasteiger partial charge in [0.1, 0.15) is 17.8 Å². The molecule has 10 fully saturated rings. The maximum Gasteiger partial charge on any atom is 0.318 e. The van der Waals surface area contributed by atoms with Gasteiger partial charge in [0.05, 0.1) is 29.1 Å². The van der Waals surface area contributed by atoms with Gasteiger partial charge in [0.25, 0.3) is 0 Å². The lowest BCUT2D eigenvalue weighted by Gasteiger charge is -2.59. The summed E-state index contributed by atoms with van der Waals surface area (Å²) in [5.74, 6) is -3.25. The first-order chi connectivity index (χ1) is 21.8. The highest BCUT2D eigenvalue weighted by Gasteiger charge is 2.67. The van der Waals surface area contributed by atoms with Crippen LogP contribution in [0.1, 0.15) is 91.9 Å². The van der Waals surface area contributed by atoms with E-state index in [0.29, 0.717) is 24.2 Å². The van der Waals surface area contributed by atoms with Gasteiger partial charge in [0.15, 0.2) is 0 Å². The summed E-state index contributed by atoms with van der Waals surface area (Å²) in [5, 5.41) is 0. The fourth-order valence-corrected chi connectivity index (χ4v) is 13.4. The number of ether oxygens (including phenoxy) is 4. The number of esters is 5. The molecule has 8 aliphatic carbocycles. The van der Waals surface area contributed by atoms with Gasteiger partial charge < -0.3 is 18.9 Å². The number of hydrogen-bond acceptors (Lipinski definition) is 9. The molecule has 0 aromatic heterocycles. The van der Waals surface area contributed by atoms with Crippen molar-refractivity contribution in [2.45, 2.75) is 110 Å². The summed E-state index contributed by atoms with van der Waals surface area (Å²) in [6.07, 6.45) is 8.88. The second kappa shape index (κ2) is 9.81. The van der Waals surface area contributed by atoms with Crippen LogP contribution in [0.25, 0.3) is 0 Å². The number of hydrogen-bond donors (Lipinski definition) is 0. The Bertz CT molecular complexity index is 1370. The van der Waals surface area contributed by atoms with Crippen LogP contribution in [0.4, 0.5) is 0 Å². The molecule has 8 bridgehead atoms. The van der Waals surface area contributed by atoms with Crippen molar-refractivity contribution in [2.75, 3.05) is 0 Å². The van der Waals surface area contributed by atoms with Crippen LogP contribution < -0.4 is 0 Å². The van der Waals surface area contributed by atoms with E-state index in [9.17, 15) is 24.0 Å². The van der Waals surface area contributed by atoms with Gasteiger partial charge in [0, 0.05) is 11.8 Å². The molecule has 2 heterocycles. The average molecular weight is 637 g/mol. The molecular weight excluding hydrogens is 588 g/mol. The highest BCUT2D eigenvalue weighted by Crippen LogP contribution is 2.62. The van der Waals surface area contributed by atoms with Crippen LogP contribution in [0, 0.1) is 88.3 Å². The van der Waals surface area contributed by atoms with E-state index in [-0.39, 0.29) is 53.3 Å². The molecule has 10 rings (SSSR count). The zero-order valence-electron chi connectivity index (χ0n) is 27.5. The van der Waals surface area contributed by atoms with Gasteiger partial charge in [-0.05, 0) is 132 Å². The van der Waals surface area contributed by atoms with Crippen molar-refractivity contribution >= 4 is 29.8 Å². The van der Waals surface area contributed by atoms with Crippen LogP contribution in [0.2, 0.25) is 0 Å². The van der Waals surface area contributed by atoms with Crippen LogP contribution in [0.3, 0.4) is 0 Å². The lowest BCUT2D eigenvalue weighted by molar-refractivity contribution is -0.217. The SMILES string of the molecule is CC1C2CCC(C2)C1C1C(=O)OC(=O)C1C(C(=O)OC1C2CC3C(=O)OC1C3C2)C(C)(C)C(=O)OC1(C)C2CC3CC(C2)CC1C3. The van der Waals surface area contributed by atoms with Crippen molar-refractivity contribution in [3.63, 3.8) is 0 Å². The van der Waals surface area contributed by atoms with Gasteiger partial charge >= 0.3 is 29.8 Å². The molecule has 46 heavy (non-hydrogen) atoms. The van der Waals surface area contributed by atoms with E-state index in [0.717, 1.165) is 51.4 Å². The molecule has 9 nitrogen and oxygen atoms in total. The standard InChI is InChI=1S/C37H48O9/c1-15-18-5-6-19(12-18)25(15)26-27(33(40)45-32(26)39)28(34(41)43-29-20-13-23-24(14-20)31(38)44-30(23)29)36(2,3)35(42)46-37(4)21-8-16-7-17(10-21)11-22(37)9-16/h15-30H,5-14H2,1-4H3. The van der Waals surface area contributed by atoms with Crippen LogP contribution in [-0.2, 0) is 42.9 Å². The molecule has 12 atom stereocenters. The lowest BCUT2D eigenvalue weighted by atomic mass is 9.50. The number of cyclic esters (lactones) is 2. The molecule has 2 aliphatic heterocycles. The van der Waals surface area contributed by atoms with Crippen molar-refractivity contribution in [3.05, 3.63) is 0 Å². The van der Waals surface area contributed by atoms with E-state index in [4.69, 9.17) is 18.9 Å². The van der Waals surface area contributed by atoms with Gasteiger partial charge in [-0.15, -0.1) is 0 Å². The molecule has 0 amide bonds. The van der Waals surface area contributed by atoms with E-state index in [1.54, 1.807) is 13.8 Å². The summed E-state index contributed by atoms with van der Waals surface area (Å²) in [4.78, 5) is 69.1. The third kappa shape index (κ3) is 3.95. The smallest absolute Gasteiger partial charge is 0.318 e. The quantitative estimate of drug-likeness (QED) is 0.219. The van der Waals surface area contributed by atoms with E-state index in [1.165, 1.54) is 6.42 Å². The van der Waals surface area contributed by atoms with Crippen molar-refractivity contribution in [1.29, 1.82) is 0 Å². The highest BCUT2D eigenvalue weighted by molar-refractivity contribution is 6.00. The van der Waals surface area contributed by atoms with Gasteiger partial charge in [-0.25, -0.2) is 0 Å². The maximum absolute atomic E-state index is 14.7. The van der Waals surface area contributed by atoms with Crippen LogP contribution in [0.5, 0.6) is 0 Å². The summed E-state index contributed by atoms with van der Waals surface area (Å²) in [5.41, 5.74) is -2.10. The van der Waals surface area contributed by atoms with Crippen LogP contribution in [0.15, 0.2) is 0 Å². The molecule has 0 aromatic rings. The largest absolute Gasteiger partial charge is 0.458 e. The summed E-state index contributed by atoms with van der Waals surface area (Å²) in [6.45, 7) is 7.60. The zero-order chi connectivity index (χ0) is 32.0. The second-order valence-electron chi connectivity index (χ2n) is 17.9. The Morgan fingerprint density at radius 2 is 1.52 bits per heavy atom. The summed E-state index contributed by atoms with van der Waals surface area (Å²) < 4.78 is 24.0. The first-order valence-corrected chi connectivity index (χ1v) is 18.2. The number of carbonyl (C=O) groups is 5. The Hall–Kier alpha value is -2.45. The first kappa shape index (κ1) is 29.7. The molecule has 0 N–H and O–H groups in total. The molecule has 250 valence electrons. The van der Waals surface area contributed by atoms with E-state index in [2.05, 4.69) is 13.8 Å². The fourth-order valence-electron chi connectivity index (χ4n) is 13.4. The monoisotopic (exact) mass is 636 g/mol. The molecule has 10 aliphatic rings. The number of fused-ring (bicyclic) bond motifs is 3. The first-order valence-electron chi connectivity index (χ1n) is 18.2. The predicted octanol–water partition coefficient (Wildman–Crippen LogP) is 4.88. The van der Waals surface area contributed by atoms with Gasteiger partial charge in [-0.3, -0.25) is 24.0 Å². The highest BCUT2D eigenvalue weighted by atomic mass is 16.6. The average Bonchev–Trinajstić information content (AvgIpc) is 3.82. The van der Waals surface area contributed by atoms with Crippen molar-refractivity contribution in [3.8, 4) is 0 Å². The molecule has 9 heteroatoms. The Morgan fingerprint density at radius 3 is 2.17 bits per heavy atom. The minimum absolute atomic E-state index is 0.00313. The third-order valence-corrected chi connectivity index (χ3v) is 15.6. The molecule has 0 spiro atoms. The van der Waals surface area contributed by atoms with E-state index >= 15 is 0 Å². The molecule has 0 radical (unpaired) electrons. The Balaban J connectivity index is 1.05. The Labute approximate surface area is 270 Å². The van der Waals surface area contributed by atoms with Gasteiger partial charge in [-0.2, -0.15) is 0 Å². The van der Waals surface area contributed by atoms with Crippen LogP contribution >= 0.6 is 0 Å². The molecule has 2 saturated heterocycles. The van der Waals surface area contributed by atoms with Gasteiger partial charge in [0.2, 0.25) is 0 Å². The molecule has 8 saturated carbocycles. The molecule has 0 aromatic carbocycles. The zero-order valence-corrected chi connectivity index (χ0v) is 27.5. The summed E-state index contributed by atoms with van der Waals surface area (Å²) in [6, 6.07) is 0.